The van der Waals surface area contributed by atoms with Gasteiger partial charge in [-0.15, -0.1) is 0 Å². The summed E-state index contributed by atoms with van der Waals surface area (Å²) >= 11 is 0. The molecule has 0 fully saturated rings. The van der Waals surface area contributed by atoms with E-state index in [0.29, 0.717) is 0 Å². The van der Waals surface area contributed by atoms with E-state index in [0.717, 1.165) is 0 Å². The fraction of sp³-hybridized carbons (Fsp3) is 0. The van der Waals surface area contributed by atoms with Crippen molar-refractivity contribution in [2.75, 3.05) is 0 Å². The molecule has 4 N–H and O–H groups in total. The van der Waals surface area contributed by atoms with Crippen molar-refractivity contribution in [2.24, 2.45) is 11.5 Å². The summed E-state index contributed by atoms with van der Waals surface area (Å²) in [5.41, 5.74) is 8.50. The van der Waals surface area contributed by atoms with Gasteiger partial charge in [-0.3, -0.25) is 0 Å². The molecular weight excluding hydrogens is 83.0 g/mol. The maximum atomic E-state index is 9.00. The Morgan fingerprint density at radius 3 is 1.40 bits per heavy atom. The molecule has 0 aliphatic rings. The number of amides is 2. The molecule has 3 radical (unpaired) electrons. The minimum atomic E-state index is -0.833. The highest BCUT2D eigenvalue weighted by molar-refractivity contribution is 5.75. The Balaban J connectivity index is 0. The molecule has 27 valence electrons. The largest absolute Gasteiger partial charge is 0.352 e. The molecule has 2 amide bonds. The van der Waals surface area contributed by atoms with Crippen LogP contribution in [0.3, 0.4) is 0 Å². The molecule has 3 nitrogen and oxygen atoms in total. The van der Waals surface area contributed by atoms with Crippen LogP contribution in [0.15, 0.2) is 0 Å². The topological polar surface area (TPSA) is 69.1 Å². The Hall–Kier alpha value is -0.198. The third kappa shape index (κ3) is 317. The quantitative estimate of drug-likeness (QED) is 0.352. The van der Waals surface area contributed by atoms with Crippen molar-refractivity contribution in [1.82, 2.24) is 0 Å². The van der Waals surface area contributed by atoms with Gasteiger partial charge in [-0.05, 0) is 0 Å². The van der Waals surface area contributed by atoms with Crippen LogP contribution in [0.2, 0.25) is 0 Å². The van der Waals surface area contributed by atoms with Gasteiger partial charge in [-0.2, -0.15) is 0 Å². The van der Waals surface area contributed by atoms with Crippen LogP contribution in [0, 0.1) is 0 Å². The number of hydrogen-bond donors (Lipinski definition) is 2. The number of carbonyl (C=O) groups excluding carboxylic acids is 1. The van der Waals surface area contributed by atoms with Crippen LogP contribution in [0.4, 0.5) is 4.79 Å². The van der Waals surface area contributed by atoms with Gasteiger partial charge in [0, 0.05) is 17.4 Å². The number of rotatable bonds is 0. The SMILES string of the molecule is NC(N)=O.[Al]. The van der Waals surface area contributed by atoms with E-state index in [9.17, 15) is 0 Å². The van der Waals surface area contributed by atoms with Gasteiger partial charge in [0.15, 0.2) is 0 Å². The van der Waals surface area contributed by atoms with Gasteiger partial charge in [-0.25, -0.2) is 4.79 Å². The van der Waals surface area contributed by atoms with Crippen molar-refractivity contribution in [2.45, 2.75) is 0 Å². The summed E-state index contributed by atoms with van der Waals surface area (Å²) in [6.07, 6.45) is 0. The molecule has 0 saturated carbocycles. The fourth-order valence-corrected chi connectivity index (χ4v) is 0. The number of hydrogen-bond acceptors (Lipinski definition) is 1. The average Bonchev–Trinajstić information content (AvgIpc) is 0.811. The molecule has 0 unspecified atom stereocenters. The molecule has 0 aromatic rings. The minimum Gasteiger partial charge on any atom is -0.352 e. The maximum absolute atomic E-state index is 9.00. The zero-order valence-electron chi connectivity index (χ0n) is 2.64. The molecule has 0 spiro atoms. The molecule has 0 aliphatic heterocycles. The lowest BCUT2D eigenvalue weighted by molar-refractivity contribution is 0.256. The Morgan fingerprint density at radius 1 is 1.40 bits per heavy atom. The monoisotopic (exact) mass is 87.0 g/mol. The second-order valence-electron chi connectivity index (χ2n) is 0.402. The van der Waals surface area contributed by atoms with Crippen LogP contribution in [0.5, 0.6) is 0 Å². The first kappa shape index (κ1) is 8.84. The Morgan fingerprint density at radius 2 is 1.40 bits per heavy atom. The van der Waals surface area contributed by atoms with E-state index < -0.39 is 6.03 Å². The van der Waals surface area contributed by atoms with E-state index in [1.165, 1.54) is 0 Å². The van der Waals surface area contributed by atoms with Crippen LogP contribution >= 0.6 is 0 Å². The molecule has 0 aromatic heterocycles. The van der Waals surface area contributed by atoms with E-state index in [1.54, 1.807) is 0 Å². The number of carbonyl (C=O) groups is 1. The molecule has 0 heterocycles. The summed E-state index contributed by atoms with van der Waals surface area (Å²) in [6, 6.07) is -0.833. The third-order valence-corrected chi connectivity index (χ3v) is 0. The molecule has 0 rings (SSSR count). The van der Waals surface area contributed by atoms with Crippen molar-refractivity contribution in [3.63, 3.8) is 0 Å². The van der Waals surface area contributed by atoms with Gasteiger partial charge in [-0.1, -0.05) is 0 Å². The van der Waals surface area contributed by atoms with Gasteiger partial charge < -0.3 is 11.5 Å². The minimum absolute atomic E-state index is 0. The summed E-state index contributed by atoms with van der Waals surface area (Å²) in [7, 11) is 0. The van der Waals surface area contributed by atoms with Crippen LogP contribution in [-0.4, -0.2) is 23.4 Å². The van der Waals surface area contributed by atoms with Crippen LogP contribution in [-0.2, 0) is 0 Å². The Bertz CT molecular complexity index is 32.6. The van der Waals surface area contributed by atoms with E-state index in [1.807, 2.05) is 0 Å². The number of primary amides is 2. The molecule has 0 aromatic carbocycles. The third-order valence-electron chi connectivity index (χ3n) is 0. The maximum Gasteiger partial charge on any atom is 0.309 e. The van der Waals surface area contributed by atoms with Gasteiger partial charge in [0.1, 0.15) is 0 Å². The summed E-state index contributed by atoms with van der Waals surface area (Å²) in [5, 5.41) is 0. The highest BCUT2D eigenvalue weighted by Crippen LogP contribution is 1.25. The van der Waals surface area contributed by atoms with Gasteiger partial charge in [0.25, 0.3) is 0 Å². The second-order valence-corrected chi connectivity index (χ2v) is 0.402. The highest BCUT2D eigenvalue weighted by Gasteiger charge is 1.60. The second kappa shape index (κ2) is 3.80. The van der Waals surface area contributed by atoms with Gasteiger partial charge >= 0.3 is 6.03 Å². The summed E-state index contributed by atoms with van der Waals surface area (Å²) in [4.78, 5) is 9.00. The predicted octanol–water partition coefficient (Wildman–Crippen LogP) is -1.36. The van der Waals surface area contributed by atoms with Crippen molar-refractivity contribution in [3.8, 4) is 0 Å². The highest BCUT2D eigenvalue weighted by atomic mass is 27.0. The van der Waals surface area contributed by atoms with Gasteiger partial charge in [0.05, 0.1) is 0 Å². The van der Waals surface area contributed by atoms with E-state index >= 15 is 0 Å². The van der Waals surface area contributed by atoms with Crippen molar-refractivity contribution < 1.29 is 4.79 Å². The Labute approximate surface area is 40.5 Å². The van der Waals surface area contributed by atoms with Crippen LogP contribution in [0.25, 0.3) is 0 Å². The lowest BCUT2D eigenvalue weighted by Gasteiger charge is -1.62. The lowest BCUT2D eigenvalue weighted by Crippen LogP contribution is -2.18. The predicted molar refractivity (Wildman–Crippen MR) is 19.5 cm³/mol. The fourth-order valence-electron chi connectivity index (χ4n) is 0. The molecule has 4 heteroatoms. The summed E-state index contributed by atoms with van der Waals surface area (Å²) in [5.74, 6) is 0. The van der Waals surface area contributed by atoms with E-state index in [4.69, 9.17) is 4.79 Å². The zero-order chi connectivity index (χ0) is 3.58. The van der Waals surface area contributed by atoms with Crippen LogP contribution < -0.4 is 11.5 Å². The molecule has 0 atom stereocenters. The molecule has 0 bridgehead atoms. The first-order valence-electron chi connectivity index (χ1n) is 0.781. The molecule has 0 aliphatic carbocycles. The first-order valence-corrected chi connectivity index (χ1v) is 0.781. The van der Waals surface area contributed by atoms with E-state index in [2.05, 4.69) is 11.5 Å². The average molecular weight is 87.0 g/mol. The summed E-state index contributed by atoms with van der Waals surface area (Å²) < 4.78 is 0. The molecule has 5 heavy (non-hydrogen) atoms. The molecular formula is CH4AlN2O. The van der Waals surface area contributed by atoms with Crippen molar-refractivity contribution in [1.29, 1.82) is 0 Å². The Kier molecular flexibility index (Phi) is 6.72. The van der Waals surface area contributed by atoms with Crippen LogP contribution in [0.1, 0.15) is 0 Å². The number of nitrogens with two attached hydrogens (primary N) is 2. The smallest absolute Gasteiger partial charge is 0.309 e. The standard InChI is InChI=1S/CH4N2O.Al/c2-1(3)4;/h(H4,2,3,4);. The lowest BCUT2D eigenvalue weighted by atomic mass is 11.2. The zero-order valence-corrected chi connectivity index (χ0v) is 3.79. The van der Waals surface area contributed by atoms with Gasteiger partial charge in [0.2, 0.25) is 0 Å². The van der Waals surface area contributed by atoms with Crippen molar-refractivity contribution >= 4 is 23.4 Å². The molecule has 0 saturated heterocycles. The first-order chi connectivity index (χ1) is 1.73. The van der Waals surface area contributed by atoms with E-state index in [-0.39, 0.29) is 17.4 Å². The van der Waals surface area contributed by atoms with Crippen molar-refractivity contribution in [3.05, 3.63) is 0 Å². The summed E-state index contributed by atoms with van der Waals surface area (Å²) in [6.45, 7) is 0. The number of urea groups is 1. The normalized spacial score (nSPS) is 4.80.